The predicted octanol–water partition coefficient (Wildman–Crippen LogP) is 3.48. The van der Waals surface area contributed by atoms with Gasteiger partial charge in [-0.3, -0.25) is 0 Å². The lowest BCUT2D eigenvalue weighted by molar-refractivity contribution is 0.490. The average Bonchev–Trinajstić information content (AvgIpc) is 3.12. The third kappa shape index (κ3) is 2.90. The average molecular weight is 307 g/mol. The van der Waals surface area contributed by atoms with Gasteiger partial charge in [-0.15, -0.1) is 22.7 Å². The van der Waals surface area contributed by atoms with E-state index in [1.165, 1.54) is 39.8 Å². The van der Waals surface area contributed by atoms with Gasteiger partial charge in [0.15, 0.2) is 5.13 Å². The molecule has 0 fully saturated rings. The third-order valence-corrected chi connectivity index (χ3v) is 6.07. The second-order valence-electron chi connectivity index (χ2n) is 5.29. The van der Waals surface area contributed by atoms with E-state index < -0.39 is 0 Å². The van der Waals surface area contributed by atoms with Crippen molar-refractivity contribution in [2.24, 2.45) is 0 Å². The number of hydrogen-bond acceptors (Lipinski definition) is 5. The largest absolute Gasteiger partial charge is 0.351 e. The monoisotopic (exact) mass is 307 g/mol. The zero-order valence-electron chi connectivity index (χ0n) is 12.1. The Labute approximate surface area is 128 Å². The number of aryl methyl sites for hydroxylation is 1. The van der Waals surface area contributed by atoms with Crippen LogP contribution >= 0.6 is 22.7 Å². The topological polar surface area (TPSA) is 28.2 Å². The van der Waals surface area contributed by atoms with Crippen LogP contribution in [0.15, 0.2) is 17.5 Å². The van der Waals surface area contributed by atoms with E-state index in [1.54, 1.807) is 0 Å². The molecular formula is C15H21N3S2. The van der Waals surface area contributed by atoms with E-state index in [4.69, 9.17) is 4.98 Å². The first kappa shape index (κ1) is 14.0. The second-order valence-corrected chi connectivity index (χ2v) is 7.38. The van der Waals surface area contributed by atoms with Gasteiger partial charge in [-0.1, -0.05) is 6.07 Å². The van der Waals surface area contributed by atoms with Gasteiger partial charge in [0.1, 0.15) is 0 Å². The minimum absolute atomic E-state index is 0.453. The maximum absolute atomic E-state index is 4.89. The van der Waals surface area contributed by atoms with Crippen LogP contribution in [-0.2, 0) is 12.8 Å². The molecule has 2 aromatic rings. The Bertz CT molecular complexity index is 547. The molecule has 3 nitrogen and oxygen atoms in total. The van der Waals surface area contributed by atoms with Crippen LogP contribution in [0.2, 0.25) is 0 Å². The predicted molar refractivity (Wildman–Crippen MR) is 88.1 cm³/mol. The number of aromatic nitrogens is 1. The van der Waals surface area contributed by atoms with Gasteiger partial charge >= 0.3 is 0 Å². The highest BCUT2D eigenvalue weighted by Gasteiger charge is 2.24. The number of hydrogen-bond donors (Lipinski definition) is 1. The number of fused-ring (bicyclic) bond motifs is 1. The van der Waals surface area contributed by atoms with E-state index in [1.807, 2.05) is 29.7 Å². The molecular weight excluding hydrogens is 286 g/mol. The first-order valence-electron chi connectivity index (χ1n) is 7.18. The van der Waals surface area contributed by atoms with Crippen molar-refractivity contribution in [2.75, 3.05) is 25.5 Å². The molecule has 0 amide bonds. The minimum atomic E-state index is 0.453. The molecule has 2 heterocycles. The summed E-state index contributed by atoms with van der Waals surface area (Å²) in [5.74, 6) is 0. The second kappa shape index (κ2) is 6.24. The van der Waals surface area contributed by atoms with Gasteiger partial charge in [-0.25, -0.2) is 4.98 Å². The Morgan fingerprint density at radius 1 is 1.50 bits per heavy atom. The summed E-state index contributed by atoms with van der Waals surface area (Å²) in [6.45, 7) is 1.04. The van der Waals surface area contributed by atoms with Gasteiger partial charge in [0, 0.05) is 23.3 Å². The van der Waals surface area contributed by atoms with Crippen molar-refractivity contribution in [2.45, 2.75) is 31.7 Å². The summed E-state index contributed by atoms with van der Waals surface area (Å²) in [6, 6.07) is 4.79. The highest BCUT2D eigenvalue weighted by molar-refractivity contribution is 7.15. The van der Waals surface area contributed by atoms with Crippen LogP contribution in [0, 0.1) is 0 Å². The van der Waals surface area contributed by atoms with Gasteiger partial charge in [0.2, 0.25) is 0 Å². The quantitative estimate of drug-likeness (QED) is 0.916. The molecule has 0 spiro atoms. The highest BCUT2D eigenvalue weighted by Crippen LogP contribution is 2.36. The fourth-order valence-electron chi connectivity index (χ4n) is 2.68. The molecule has 0 radical (unpaired) electrons. The summed E-state index contributed by atoms with van der Waals surface area (Å²) >= 11 is 3.72. The summed E-state index contributed by atoms with van der Waals surface area (Å²) < 4.78 is 0. The van der Waals surface area contributed by atoms with Crippen molar-refractivity contribution >= 4 is 27.8 Å². The van der Waals surface area contributed by atoms with Crippen LogP contribution in [0.5, 0.6) is 0 Å². The Balaban J connectivity index is 1.69. The number of thiazole rings is 1. The summed E-state index contributed by atoms with van der Waals surface area (Å²) in [7, 11) is 4.20. The standard InChI is InChI=1S/C15H21N3S2/c1-16-12-6-3-7-13-14(12)17-15(20-13)18(2)9-8-11-5-4-10-19-11/h4-5,10,12,16H,3,6-9H2,1-2H3. The smallest absolute Gasteiger partial charge is 0.185 e. The maximum atomic E-state index is 4.89. The van der Waals surface area contributed by atoms with Crippen molar-refractivity contribution in [3.8, 4) is 0 Å². The van der Waals surface area contributed by atoms with E-state index in [0.717, 1.165) is 13.0 Å². The van der Waals surface area contributed by atoms with Crippen LogP contribution in [-0.4, -0.2) is 25.6 Å². The Kier molecular flexibility index (Phi) is 4.38. The molecule has 1 atom stereocenters. The first-order valence-corrected chi connectivity index (χ1v) is 8.88. The number of rotatable bonds is 5. The molecule has 0 saturated heterocycles. The fraction of sp³-hybridized carbons (Fsp3) is 0.533. The molecule has 1 N–H and O–H groups in total. The van der Waals surface area contributed by atoms with Crippen molar-refractivity contribution < 1.29 is 0 Å². The van der Waals surface area contributed by atoms with Gasteiger partial charge in [-0.2, -0.15) is 0 Å². The lowest BCUT2D eigenvalue weighted by Crippen LogP contribution is -2.22. The first-order chi connectivity index (χ1) is 9.78. The van der Waals surface area contributed by atoms with Crippen LogP contribution in [0.4, 0.5) is 5.13 Å². The molecule has 0 saturated carbocycles. The van der Waals surface area contributed by atoms with E-state index >= 15 is 0 Å². The number of thiophene rings is 1. The molecule has 20 heavy (non-hydrogen) atoms. The van der Waals surface area contributed by atoms with Crippen LogP contribution < -0.4 is 10.2 Å². The molecule has 1 aliphatic carbocycles. The molecule has 1 aliphatic rings. The number of nitrogens with one attached hydrogen (secondary N) is 1. The summed E-state index contributed by atoms with van der Waals surface area (Å²) in [6.07, 6.45) is 4.79. The molecule has 3 rings (SSSR count). The Hall–Kier alpha value is -0.910. The molecule has 5 heteroatoms. The van der Waals surface area contributed by atoms with Gasteiger partial charge < -0.3 is 10.2 Å². The van der Waals surface area contributed by atoms with E-state index in [2.05, 4.69) is 34.8 Å². The highest BCUT2D eigenvalue weighted by atomic mass is 32.1. The third-order valence-electron chi connectivity index (χ3n) is 3.89. The van der Waals surface area contributed by atoms with Crippen molar-refractivity contribution in [3.63, 3.8) is 0 Å². The molecule has 0 aliphatic heterocycles. The van der Waals surface area contributed by atoms with Crippen LogP contribution in [0.3, 0.4) is 0 Å². The summed E-state index contributed by atoms with van der Waals surface area (Å²) in [5, 5.41) is 6.72. The SMILES string of the molecule is CNC1CCCc2sc(N(C)CCc3cccs3)nc21. The lowest BCUT2D eigenvalue weighted by Gasteiger charge is -2.19. The van der Waals surface area contributed by atoms with E-state index in [0.29, 0.717) is 6.04 Å². The van der Waals surface area contributed by atoms with Gasteiger partial charge in [0.05, 0.1) is 11.7 Å². The van der Waals surface area contributed by atoms with Gasteiger partial charge in [0.25, 0.3) is 0 Å². The van der Waals surface area contributed by atoms with Crippen LogP contribution in [0.25, 0.3) is 0 Å². The van der Waals surface area contributed by atoms with E-state index in [9.17, 15) is 0 Å². The zero-order chi connectivity index (χ0) is 13.9. The molecule has 0 aromatic carbocycles. The molecule has 2 aromatic heterocycles. The fourth-order valence-corrected chi connectivity index (χ4v) is 4.53. The van der Waals surface area contributed by atoms with Crippen molar-refractivity contribution in [1.29, 1.82) is 0 Å². The molecule has 1 unspecified atom stereocenters. The molecule has 0 bridgehead atoms. The van der Waals surface area contributed by atoms with Crippen molar-refractivity contribution in [1.82, 2.24) is 10.3 Å². The Morgan fingerprint density at radius 2 is 2.40 bits per heavy atom. The summed E-state index contributed by atoms with van der Waals surface area (Å²) in [4.78, 5) is 10.1. The normalized spacial score (nSPS) is 18.0. The van der Waals surface area contributed by atoms with Gasteiger partial charge in [-0.05, 0) is 44.2 Å². The number of likely N-dealkylation sites (N-methyl/N-ethyl adjacent to an activating group) is 1. The van der Waals surface area contributed by atoms with E-state index in [-0.39, 0.29) is 0 Å². The minimum Gasteiger partial charge on any atom is -0.351 e. The number of nitrogens with zero attached hydrogens (tertiary/aromatic N) is 2. The molecule has 108 valence electrons. The Morgan fingerprint density at radius 3 is 3.15 bits per heavy atom. The zero-order valence-corrected chi connectivity index (χ0v) is 13.7. The lowest BCUT2D eigenvalue weighted by atomic mass is 9.98. The van der Waals surface area contributed by atoms with Crippen LogP contribution in [0.1, 0.15) is 34.3 Å². The van der Waals surface area contributed by atoms with Crippen molar-refractivity contribution in [3.05, 3.63) is 33.0 Å². The maximum Gasteiger partial charge on any atom is 0.185 e. The summed E-state index contributed by atoms with van der Waals surface area (Å²) in [5.41, 5.74) is 1.29. The number of anilines is 1.